The van der Waals surface area contributed by atoms with Crippen molar-refractivity contribution < 1.29 is 14.4 Å². The lowest BCUT2D eigenvalue weighted by atomic mass is 9.76. The van der Waals surface area contributed by atoms with Crippen molar-refractivity contribution in [2.75, 3.05) is 11.9 Å². The molecular weight excluding hydrogens is 412 g/mol. The lowest BCUT2D eigenvalue weighted by Crippen LogP contribution is -2.47. The molecule has 8 heteroatoms. The Kier molecular flexibility index (Phi) is 4.78. The molecule has 2 heterocycles. The van der Waals surface area contributed by atoms with Gasteiger partial charge in [0.25, 0.3) is 5.91 Å². The Hall–Kier alpha value is -3.52. The van der Waals surface area contributed by atoms with Gasteiger partial charge in [-0.15, -0.1) is 11.3 Å². The molecule has 3 aromatic rings. The van der Waals surface area contributed by atoms with E-state index in [9.17, 15) is 14.4 Å². The van der Waals surface area contributed by atoms with Gasteiger partial charge in [-0.2, -0.15) is 0 Å². The number of carbonyl (C=O) groups excluding carboxylic acids is 3. The number of imide groups is 1. The summed E-state index contributed by atoms with van der Waals surface area (Å²) < 4.78 is 0. The van der Waals surface area contributed by atoms with Crippen molar-refractivity contribution in [3.63, 3.8) is 0 Å². The lowest BCUT2D eigenvalue weighted by molar-refractivity contribution is -0.134. The van der Waals surface area contributed by atoms with Crippen LogP contribution in [-0.4, -0.2) is 34.3 Å². The van der Waals surface area contributed by atoms with Crippen molar-refractivity contribution in [3.8, 4) is 10.6 Å². The first-order valence-electron chi connectivity index (χ1n) is 10.1. The number of amides is 4. The summed E-state index contributed by atoms with van der Waals surface area (Å²) in [6.07, 6.45) is 3.95. The fraction of sp³-hybridized carbons (Fsp3) is 0.217. The molecule has 1 saturated heterocycles. The smallest absolute Gasteiger partial charge is 0.325 e. The average Bonchev–Trinajstić information content (AvgIpc) is 3.39. The number of nitrogens with zero attached hydrogens (tertiary/aromatic N) is 2. The number of aryl methyl sites for hydroxylation is 1. The maximum atomic E-state index is 13.3. The SMILES string of the molecule is O=C(CN1C(=O)NC2(CCCc3ccccc32)C1=O)Nc1ccc(-c2nccs2)cc1. The highest BCUT2D eigenvalue weighted by Gasteiger charge is 2.54. The molecule has 0 radical (unpaired) electrons. The van der Waals surface area contributed by atoms with Crippen molar-refractivity contribution in [3.05, 3.63) is 71.2 Å². The molecule has 1 aliphatic heterocycles. The first kappa shape index (κ1) is 19.4. The Morgan fingerprint density at radius 2 is 1.97 bits per heavy atom. The van der Waals surface area contributed by atoms with Crippen LogP contribution in [0.4, 0.5) is 10.5 Å². The van der Waals surface area contributed by atoms with Gasteiger partial charge in [0.1, 0.15) is 17.1 Å². The molecule has 156 valence electrons. The number of rotatable bonds is 4. The summed E-state index contributed by atoms with van der Waals surface area (Å²) in [6.45, 7) is -0.331. The highest BCUT2D eigenvalue weighted by atomic mass is 32.1. The number of hydrogen-bond acceptors (Lipinski definition) is 5. The normalized spacial score (nSPS) is 19.9. The molecule has 7 nitrogen and oxygen atoms in total. The number of carbonyl (C=O) groups is 3. The highest BCUT2D eigenvalue weighted by molar-refractivity contribution is 7.13. The predicted molar refractivity (Wildman–Crippen MR) is 117 cm³/mol. The molecule has 4 amide bonds. The number of anilines is 1. The van der Waals surface area contributed by atoms with Gasteiger partial charge in [-0.05, 0) is 54.7 Å². The largest absolute Gasteiger partial charge is 0.325 e. The molecule has 1 aromatic heterocycles. The Labute approximate surface area is 183 Å². The van der Waals surface area contributed by atoms with Gasteiger partial charge < -0.3 is 10.6 Å². The molecule has 31 heavy (non-hydrogen) atoms. The Balaban J connectivity index is 1.30. The highest BCUT2D eigenvalue weighted by Crippen LogP contribution is 2.39. The number of benzene rings is 2. The van der Waals surface area contributed by atoms with Crippen LogP contribution in [0.2, 0.25) is 0 Å². The molecule has 1 aliphatic carbocycles. The number of urea groups is 1. The standard InChI is InChI=1S/C23H20N4O3S/c28-19(25-17-9-7-16(8-10-17)20-24-12-13-31-20)14-27-21(29)23(26-22(27)30)11-3-5-15-4-1-2-6-18(15)23/h1-2,4,6-10,12-13H,3,5,11,14H2,(H,25,28)(H,26,30). The van der Waals surface area contributed by atoms with Gasteiger partial charge in [0.15, 0.2) is 0 Å². The maximum absolute atomic E-state index is 13.3. The second-order valence-corrected chi connectivity index (χ2v) is 8.59. The third-order valence-electron chi connectivity index (χ3n) is 5.80. The third-order valence-corrected chi connectivity index (χ3v) is 6.62. The van der Waals surface area contributed by atoms with Crippen molar-refractivity contribution >= 4 is 34.9 Å². The Bertz CT molecular complexity index is 1160. The van der Waals surface area contributed by atoms with Crippen LogP contribution in [0.15, 0.2) is 60.1 Å². The maximum Gasteiger partial charge on any atom is 0.325 e. The van der Waals surface area contributed by atoms with Gasteiger partial charge >= 0.3 is 6.03 Å². The number of thiazole rings is 1. The summed E-state index contributed by atoms with van der Waals surface area (Å²) in [4.78, 5) is 43.8. The van der Waals surface area contributed by atoms with Gasteiger partial charge in [0.2, 0.25) is 5.91 Å². The van der Waals surface area contributed by atoms with Crippen LogP contribution in [0.3, 0.4) is 0 Å². The predicted octanol–water partition coefficient (Wildman–Crippen LogP) is 3.53. The van der Waals surface area contributed by atoms with Crippen molar-refractivity contribution in [2.45, 2.75) is 24.8 Å². The molecule has 0 bridgehead atoms. The van der Waals surface area contributed by atoms with Crippen LogP contribution in [0.1, 0.15) is 24.0 Å². The first-order chi connectivity index (χ1) is 15.1. The summed E-state index contributed by atoms with van der Waals surface area (Å²) in [5.74, 6) is -0.787. The van der Waals surface area contributed by atoms with Crippen LogP contribution in [0, 0.1) is 0 Å². The lowest BCUT2D eigenvalue weighted by Gasteiger charge is -2.33. The number of fused-ring (bicyclic) bond motifs is 2. The monoisotopic (exact) mass is 432 g/mol. The van der Waals surface area contributed by atoms with E-state index in [0.717, 1.165) is 39.4 Å². The minimum absolute atomic E-state index is 0.331. The van der Waals surface area contributed by atoms with E-state index in [1.165, 1.54) is 11.3 Å². The molecule has 1 unspecified atom stereocenters. The second kappa shape index (κ2) is 7.63. The molecular formula is C23H20N4O3S. The molecule has 1 spiro atoms. The third kappa shape index (κ3) is 3.38. The Morgan fingerprint density at radius 3 is 2.74 bits per heavy atom. The van der Waals surface area contributed by atoms with Crippen LogP contribution in [-0.2, 0) is 21.5 Å². The summed E-state index contributed by atoms with van der Waals surface area (Å²) >= 11 is 1.54. The van der Waals surface area contributed by atoms with Crippen LogP contribution >= 0.6 is 11.3 Å². The summed E-state index contributed by atoms with van der Waals surface area (Å²) in [5, 5.41) is 8.43. The summed E-state index contributed by atoms with van der Waals surface area (Å²) in [6, 6.07) is 14.4. The molecule has 2 N–H and O–H groups in total. The number of nitrogens with one attached hydrogen (secondary N) is 2. The van der Waals surface area contributed by atoms with E-state index in [4.69, 9.17) is 0 Å². The van der Waals surface area contributed by atoms with Crippen LogP contribution < -0.4 is 10.6 Å². The molecule has 1 atom stereocenters. The van der Waals surface area contributed by atoms with Crippen LogP contribution in [0.5, 0.6) is 0 Å². The van der Waals surface area contributed by atoms with Crippen molar-refractivity contribution in [1.82, 2.24) is 15.2 Å². The molecule has 1 fully saturated rings. The van der Waals surface area contributed by atoms with Gasteiger partial charge in [-0.3, -0.25) is 14.5 Å². The minimum atomic E-state index is -1.07. The van der Waals surface area contributed by atoms with Crippen molar-refractivity contribution in [1.29, 1.82) is 0 Å². The topological polar surface area (TPSA) is 91.4 Å². The van der Waals surface area contributed by atoms with E-state index < -0.39 is 17.5 Å². The molecule has 0 saturated carbocycles. The second-order valence-electron chi connectivity index (χ2n) is 7.70. The van der Waals surface area contributed by atoms with Gasteiger partial charge in [0.05, 0.1) is 0 Å². The summed E-state index contributed by atoms with van der Waals surface area (Å²) in [5.41, 5.74) is 2.38. The van der Waals surface area contributed by atoms with E-state index in [1.54, 1.807) is 18.3 Å². The van der Waals surface area contributed by atoms with E-state index in [2.05, 4.69) is 15.6 Å². The van der Waals surface area contributed by atoms with Crippen LogP contribution in [0.25, 0.3) is 10.6 Å². The van der Waals surface area contributed by atoms with E-state index in [0.29, 0.717) is 12.1 Å². The Morgan fingerprint density at radius 1 is 1.16 bits per heavy atom. The summed E-state index contributed by atoms with van der Waals surface area (Å²) in [7, 11) is 0. The zero-order valence-corrected chi connectivity index (χ0v) is 17.4. The molecule has 2 aromatic carbocycles. The fourth-order valence-corrected chi connectivity index (χ4v) is 5.01. The van der Waals surface area contributed by atoms with E-state index in [-0.39, 0.29) is 12.5 Å². The van der Waals surface area contributed by atoms with E-state index >= 15 is 0 Å². The zero-order valence-electron chi connectivity index (χ0n) is 16.6. The van der Waals surface area contributed by atoms with Gasteiger partial charge in [-0.1, -0.05) is 24.3 Å². The van der Waals surface area contributed by atoms with Crippen molar-refractivity contribution in [2.24, 2.45) is 0 Å². The number of aromatic nitrogens is 1. The average molecular weight is 433 g/mol. The fourth-order valence-electron chi connectivity index (χ4n) is 4.36. The van der Waals surface area contributed by atoms with Gasteiger partial charge in [-0.25, -0.2) is 9.78 Å². The van der Waals surface area contributed by atoms with E-state index in [1.807, 2.05) is 41.8 Å². The number of hydrogen-bond donors (Lipinski definition) is 2. The zero-order chi connectivity index (χ0) is 21.4. The minimum Gasteiger partial charge on any atom is -0.325 e. The molecule has 5 rings (SSSR count). The van der Waals surface area contributed by atoms with Gasteiger partial charge in [0, 0.05) is 22.8 Å². The molecule has 2 aliphatic rings. The first-order valence-corrected chi connectivity index (χ1v) is 11.0. The quantitative estimate of drug-likeness (QED) is 0.617.